The van der Waals surface area contributed by atoms with Crippen LogP contribution in [0, 0.1) is 5.41 Å². The molecule has 2 aliphatic heterocycles. The Balaban J connectivity index is 1.55. The molecule has 0 atom stereocenters. The SMILES string of the molecule is N=C(/C=C1\C(N)=NCCN1Cc1cc(Cl)ccc1Cl)c1nnc(C2CCNCC2)o1. The van der Waals surface area contributed by atoms with Crippen molar-refractivity contribution in [3.05, 3.63) is 57.4 Å². The van der Waals surface area contributed by atoms with Crippen molar-refractivity contribution in [2.45, 2.75) is 25.3 Å². The van der Waals surface area contributed by atoms with Gasteiger partial charge in [-0.05, 0) is 55.8 Å². The zero-order valence-corrected chi connectivity index (χ0v) is 17.9. The van der Waals surface area contributed by atoms with Gasteiger partial charge in [0.15, 0.2) is 0 Å². The Kier molecular flexibility index (Phi) is 6.36. The van der Waals surface area contributed by atoms with E-state index in [1.165, 1.54) is 0 Å². The molecule has 158 valence electrons. The number of benzene rings is 1. The average molecular weight is 448 g/mol. The highest BCUT2D eigenvalue weighted by Crippen LogP contribution is 2.26. The van der Waals surface area contributed by atoms with Gasteiger partial charge in [-0.25, -0.2) is 0 Å². The maximum Gasteiger partial charge on any atom is 0.265 e. The predicted octanol–water partition coefficient (Wildman–Crippen LogP) is 2.97. The van der Waals surface area contributed by atoms with Gasteiger partial charge < -0.3 is 20.4 Å². The standard InChI is InChI=1S/C20H23Cl2N7O/c21-14-1-2-15(22)13(9-14)11-29-8-7-26-18(24)17(29)10-16(23)20-28-27-19(30-20)12-3-5-25-6-4-12/h1-2,9-10,12,23,25H,3-8,11H2,(H2,24,26)/b17-10+,23-16?. The Morgan fingerprint density at radius 1 is 1.30 bits per heavy atom. The van der Waals surface area contributed by atoms with Crippen LogP contribution in [0.1, 0.15) is 36.1 Å². The lowest BCUT2D eigenvalue weighted by molar-refractivity contribution is 0.353. The number of allylic oxidation sites excluding steroid dienone is 1. The van der Waals surface area contributed by atoms with Gasteiger partial charge in [-0.3, -0.25) is 10.4 Å². The number of aromatic nitrogens is 2. The molecular formula is C20H23Cl2N7O. The van der Waals surface area contributed by atoms with Gasteiger partial charge in [-0.15, -0.1) is 10.2 Å². The lowest BCUT2D eigenvalue weighted by Crippen LogP contribution is -2.38. The van der Waals surface area contributed by atoms with E-state index in [4.69, 9.17) is 38.8 Å². The van der Waals surface area contributed by atoms with Crippen molar-refractivity contribution >= 4 is 34.7 Å². The van der Waals surface area contributed by atoms with Gasteiger partial charge in [0.1, 0.15) is 11.5 Å². The molecule has 0 amide bonds. The number of amidine groups is 1. The number of nitrogens with two attached hydrogens (primary N) is 1. The smallest absolute Gasteiger partial charge is 0.265 e. The third-order valence-electron chi connectivity index (χ3n) is 5.26. The summed E-state index contributed by atoms with van der Waals surface area (Å²) in [7, 11) is 0. The van der Waals surface area contributed by atoms with E-state index in [2.05, 4.69) is 20.5 Å². The molecule has 2 aliphatic rings. The molecule has 1 aromatic heterocycles. The van der Waals surface area contributed by atoms with Crippen LogP contribution in [-0.4, -0.2) is 52.8 Å². The predicted molar refractivity (Wildman–Crippen MR) is 117 cm³/mol. The highest BCUT2D eigenvalue weighted by atomic mass is 35.5. The van der Waals surface area contributed by atoms with Crippen LogP contribution in [0.3, 0.4) is 0 Å². The lowest BCUT2D eigenvalue weighted by Gasteiger charge is -2.30. The van der Waals surface area contributed by atoms with Crippen molar-refractivity contribution < 1.29 is 4.42 Å². The highest BCUT2D eigenvalue weighted by Gasteiger charge is 2.24. The first-order chi connectivity index (χ1) is 14.5. The Morgan fingerprint density at radius 3 is 2.90 bits per heavy atom. The molecule has 0 spiro atoms. The Morgan fingerprint density at radius 2 is 2.10 bits per heavy atom. The van der Waals surface area contributed by atoms with E-state index in [0.29, 0.717) is 47.1 Å². The molecule has 0 saturated carbocycles. The zero-order valence-electron chi connectivity index (χ0n) is 16.4. The molecule has 4 N–H and O–H groups in total. The van der Waals surface area contributed by atoms with E-state index < -0.39 is 0 Å². The summed E-state index contributed by atoms with van der Waals surface area (Å²) < 4.78 is 5.79. The molecule has 3 heterocycles. The van der Waals surface area contributed by atoms with Gasteiger partial charge in [-0.2, -0.15) is 0 Å². The van der Waals surface area contributed by atoms with Crippen molar-refractivity contribution in [2.24, 2.45) is 10.7 Å². The topological polar surface area (TPSA) is 116 Å². The lowest BCUT2D eigenvalue weighted by atomic mass is 9.98. The fourth-order valence-corrected chi connectivity index (χ4v) is 4.00. The number of nitrogens with zero attached hydrogens (tertiary/aromatic N) is 4. The van der Waals surface area contributed by atoms with Crippen LogP contribution < -0.4 is 11.1 Å². The van der Waals surface area contributed by atoms with Crippen molar-refractivity contribution in [3.63, 3.8) is 0 Å². The van der Waals surface area contributed by atoms with Crippen molar-refractivity contribution in [2.75, 3.05) is 26.2 Å². The van der Waals surface area contributed by atoms with Gasteiger partial charge >= 0.3 is 0 Å². The number of hydrogen-bond donors (Lipinski definition) is 3. The van der Waals surface area contributed by atoms with Crippen molar-refractivity contribution in [1.29, 1.82) is 5.41 Å². The first-order valence-corrected chi connectivity index (χ1v) is 10.6. The number of piperidine rings is 1. The largest absolute Gasteiger partial charge is 0.419 e. The van der Waals surface area contributed by atoms with E-state index in [0.717, 1.165) is 31.5 Å². The molecule has 1 saturated heterocycles. The summed E-state index contributed by atoms with van der Waals surface area (Å²) in [5, 5.41) is 21.2. The molecule has 10 heteroatoms. The molecule has 0 bridgehead atoms. The summed E-state index contributed by atoms with van der Waals surface area (Å²) in [4.78, 5) is 6.35. The molecule has 2 aromatic rings. The summed E-state index contributed by atoms with van der Waals surface area (Å²) in [5.41, 5.74) is 7.75. The maximum absolute atomic E-state index is 8.46. The molecule has 8 nitrogen and oxygen atoms in total. The van der Waals surface area contributed by atoms with Crippen LogP contribution in [0.4, 0.5) is 0 Å². The summed E-state index contributed by atoms with van der Waals surface area (Å²) in [5.74, 6) is 1.36. The number of nitrogens with one attached hydrogen (secondary N) is 2. The van der Waals surface area contributed by atoms with E-state index >= 15 is 0 Å². The van der Waals surface area contributed by atoms with E-state index in [1.54, 1.807) is 18.2 Å². The van der Waals surface area contributed by atoms with Gasteiger partial charge in [0.05, 0.1) is 12.2 Å². The fourth-order valence-electron chi connectivity index (χ4n) is 3.63. The Labute approximate surface area is 184 Å². The van der Waals surface area contributed by atoms with E-state index in [1.807, 2.05) is 11.0 Å². The summed E-state index contributed by atoms with van der Waals surface area (Å²) >= 11 is 12.5. The van der Waals surface area contributed by atoms with Crippen LogP contribution in [0.5, 0.6) is 0 Å². The molecule has 4 rings (SSSR count). The monoisotopic (exact) mass is 447 g/mol. The molecule has 1 fully saturated rings. The van der Waals surface area contributed by atoms with E-state index in [9.17, 15) is 0 Å². The minimum atomic E-state index is 0.0972. The number of aliphatic imine (C=N–C) groups is 1. The van der Waals surface area contributed by atoms with Gasteiger partial charge in [-0.1, -0.05) is 23.2 Å². The van der Waals surface area contributed by atoms with Crippen LogP contribution in [0.2, 0.25) is 10.0 Å². The van der Waals surface area contributed by atoms with Gasteiger partial charge in [0, 0.05) is 29.1 Å². The van der Waals surface area contributed by atoms with Crippen LogP contribution in [-0.2, 0) is 6.54 Å². The third-order valence-corrected chi connectivity index (χ3v) is 5.87. The van der Waals surface area contributed by atoms with Gasteiger partial charge in [0.25, 0.3) is 5.89 Å². The molecular weight excluding hydrogens is 425 g/mol. The maximum atomic E-state index is 8.46. The summed E-state index contributed by atoms with van der Waals surface area (Å²) in [6, 6.07) is 5.35. The number of hydrogen-bond acceptors (Lipinski definition) is 8. The van der Waals surface area contributed by atoms with Gasteiger partial charge in [0.2, 0.25) is 5.89 Å². The van der Waals surface area contributed by atoms with Crippen molar-refractivity contribution in [3.8, 4) is 0 Å². The minimum Gasteiger partial charge on any atom is -0.419 e. The average Bonchev–Trinajstić information content (AvgIpc) is 3.24. The fraction of sp³-hybridized carbons (Fsp3) is 0.400. The quantitative estimate of drug-likeness (QED) is 0.606. The Bertz CT molecular complexity index is 995. The molecule has 0 unspecified atom stereocenters. The van der Waals surface area contributed by atoms with E-state index in [-0.39, 0.29) is 17.5 Å². The molecule has 0 aliphatic carbocycles. The second kappa shape index (κ2) is 9.16. The molecule has 30 heavy (non-hydrogen) atoms. The van der Waals surface area contributed by atoms with Crippen LogP contribution in [0.25, 0.3) is 0 Å². The first-order valence-electron chi connectivity index (χ1n) is 9.85. The molecule has 0 radical (unpaired) electrons. The number of rotatable bonds is 5. The first kappa shape index (κ1) is 20.8. The number of halogens is 2. The zero-order chi connectivity index (χ0) is 21.1. The second-order valence-electron chi connectivity index (χ2n) is 7.34. The summed E-state index contributed by atoms with van der Waals surface area (Å²) in [6.07, 6.45) is 3.52. The highest BCUT2D eigenvalue weighted by molar-refractivity contribution is 6.33. The minimum absolute atomic E-state index is 0.0972. The molecule has 1 aromatic carbocycles. The third kappa shape index (κ3) is 4.66. The van der Waals surface area contributed by atoms with Crippen molar-refractivity contribution in [1.82, 2.24) is 20.4 Å². The van der Waals surface area contributed by atoms with Crippen LogP contribution in [0.15, 0.2) is 39.4 Å². The Hall–Kier alpha value is -2.42. The summed E-state index contributed by atoms with van der Waals surface area (Å²) in [6.45, 7) is 3.57. The second-order valence-corrected chi connectivity index (χ2v) is 8.18. The normalized spacial score (nSPS) is 19.2. The van der Waals surface area contributed by atoms with Crippen LogP contribution >= 0.6 is 23.2 Å².